The molecule has 10 nitrogen and oxygen atoms in total. The van der Waals surface area contributed by atoms with Gasteiger partial charge in [-0.05, 0) is 123 Å². The van der Waals surface area contributed by atoms with Gasteiger partial charge in [-0.3, -0.25) is 9.59 Å². The summed E-state index contributed by atoms with van der Waals surface area (Å²) >= 11 is 0. The van der Waals surface area contributed by atoms with Crippen molar-refractivity contribution < 1.29 is 47.6 Å². The van der Waals surface area contributed by atoms with Gasteiger partial charge in [0.25, 0.3) is 0 Å². The highest BCUT2D eigenvalue weighted by Gasteiger charge is 2.12. The van der Waals surface area contributed by atoms with Crippen LogP contribution in [0.2, 0.25) is 0 Å². The molecular weight excluding hydrogens is 664 g/mol. The van der Waals surface area contributed by atoms with Gasteiger partial charge in [0, 0.05) is 12.8 Å². The van der Waals surface area contributed by atoms with Crippen molar-refractivity contribution in [3.05, 3.63) is 108 Å². The van der Waals surface area contributed by atoms with Crippen LogP contribution in [-0.2, 0) is 9.59 Å². The Bertz CT molecular complexity index is 1570. The molecule has 10 heteroatoms. The highest BCUT2D eigenvalue weighted by Crippen LogP contribution is 2.22. The molecule has 0 saturated carbocycles. The number of ether oxygens (including phenoxy) is 6. The molecule has 4 aromatic carbocycles. The fourth-order valence-corrected chi connectivity index (χ4v) is 4.78. The number of carbonyl (C=O) groups excluding carboxylic acids is 4. The summed E-state index contributed by atoms with van der Waals surface area (Å²) in [4.78, 5) is 49.6. The van der Waals surface area contributed by atoms with Gasteiger partial charge in [0.1, 0.15) is 34.5 Å². The number of rotatable bonds is 21. The van der Waals surface area contributed by atoms with E-state index >= 15 is 0 Å². The van der Waals surface area contributed by atoms with Gasteiger partial charge in [-0.15, -0.1) is 0 Å². The summed E-state index contributed by atoms with van der Waals surface area (Å²) in [5.41, 5.74) is 0.794. The molecule has 4 aromatic rings. The van der Waals surface area contributed by atoms with Crippen LogP contribution in [0.15, 0.2) is 97.1 Å². The third kappa shape index (κ3) is 13.9. The summed E-state index contributed by atoms with van der Waals surface area (Å²) in [5, 5.41) is 0. The zero-order chi connectivity index (χ0) is 37.0. The molecule has 0 N–H and O–H groups in total. The maximum Gasteiger partial charge on any atom is 0.343 e. The molecule has 0 unspecified atom stereocenters. The van der Waals surface area contributed by atoms with Crippen molar-refractivity contribution in [2.45, 2.75) is 78.1 Å². The van der Waals surface area contributed by atoms with E-state index < -0.39 is 11.9 Å². The van der Waals surface area contributed by atoms with E-state index in [-0.39, 0.29) is 24.8 Å². The Balaban J connectivity index is 1.06. The summed E-state index contributed by atoms with van der Waals surface area (Å²) in [5.74, 6) is 1.02. The number of hydrogen-bond donors (Lipinski definition) is 0. The van der Waals surface area contributed by atoms with E-state index in [2.05, 4.69) is 13.8 Å². The van der Waals surface area contributed by atoms with Crippen molar-refractivity contribution in [3.8, 4) is 34.5 Å². The van der Waals surface area contributed by atoms with E-state index in [0.717, 1.165) is 38.5 Å². The summed E-state index contributed by atoms with van der Waals surface area (Å²) in [7, 11) is 0. The molecule has 0 atom stereocenters. The summed E-state index contributed by atoms with van der Waals surface area (Å²) in [6, 6.07) is 26.1. The Morgan fingerprint density at radius 1 is 0.385 bits per heavy atom. The van der Waals surface area contributed by atoms with Gasteiger partial charge in [0.05, 0.1) is 24.3 Å². The standard InChI is InChI=1S/C42H46O10/c1-3-5-29-47-33-17-13-31(14-18-33)41(45)51-37-25-21-35(22-26-37)49-39(43)11-9-7-8-10-12-40(44)50-36-23-27-38(28-24-36)52-42(46)32-15-19-34(20-16-32)48-30-6-4-2/h13-28H,3-12,29-30H2,1-2H3. The first-order chi connectivity index (χ1) is 25.3. The molecule has 0 spiro atoms. The molecule has 4 rings (SSSR count). The quantitative estimate of drug-likeness (QED) is 0.0469. The minimum absolute atomic E-state index is 0.231. The average molecular weight is 711 g/mol. The third-order valence-electron chi connectivity index (χ3n) is 7.76. The number of hydrogen-bond acceptors (Lipinski definition) is 10. The number of carbonyl (C=O) groups is 4. The maximum atomic E-state index is 12.5. The maximum absolute atomic E-state index is 12.5. The second kappa shape index (κ2) is 21.5. The van der Waals surface area contributed by atoms with Crippen molar-refractivity contribution in [1.82, 2.24) is 0 Å². The minimum atomic E-state index is -0.501. The highest BCUT2D eigenvalue weighted by molar-refractivity contribution is 5.91. The van der Waals surface area contributed by atoms with Crippen LogP contribution in [0.25, 0.3) is 0 Å². The fraction of sp³-hybridized carbons (Fsp3) is 0.333. The zero-order valence-electron chi connectivity index (χ0n) is 29.8. The first-order valence-electron chi connectivity index (χ1n) is 17.8. The number of unbranched alkanes of at least 4 members (excludes halogenated alkanes) is 5. The average Bonchev–Trinajstić information content (AvgIpc) is 3.15. The first kappa shape index (κ1) is 39.2. The van der Waals surface area contributed by atoms with Crippen LogP contribution in [0.5, 0.6) is 34.5 Å². The van der Waals surface area contributed by atoms with Crippen LogP contribution in [-0.4, -0.2) is 37.1 Å². The molecule has 274 valence electrons. The van der Waals surface area contributed by atoms with Gasteiger partial charge in [-0.1, -0.05) is 39.5 Å². The van der Waals surface area contributed by atoms with E-state index in [4.69, 9.17) is 28.4 Å². The van der Waals surface area contributed by atoms with Crippen molar-refractivity contribution >= 4 is 23.9 Å². The zero-order valence-corrected chi connectivity index (χ0v) is 29.8. The molecule has 0 aliphatic heterocycles. The monoisotopic (exact) mass is 710 g/mol. The van der Waals surface area contributed by atoms with Crippen molar-refractivity contribution in [2.24, 2.45) is 0 Å². The van der Waals surface area contributed by atoms with Crippen LogP contribution >= 0.6 is 0 Å². The number of benzene rings is 4. The molecule has 0 amide bonds. The van der Waals surface area contributed by atoms with E-state index in [9.17, 15) is 19.2 Å². The van der Waals surface area contributed by atoms with Gasteiger partial charge in [-0.2, -0.15) is 0 Å². The Kier molecular flexibility index (Phi) is 16.2. The van der Waals surface area contributed by atoms with Crippen molar-refractivity contribution in [1.29, 1.82) is 0 Å². The van der Waals surface area contributed by atoms with Crippen molar-refractivity contribution in [2.75, 3.05) is 13.2 Å². The molecule has 0 saturated heterocycles. The molecule has 0 radical (unpaired) electrons. The van der Waals surface area contributed by atoms with E-state index in [1.807, 2.05) is 0 Å². The lowest BCUT2D eigenvalue weighted by Gasteiger charge is -2.08. The lowest BCUT2D eigenvalue weighted by Crippen LogP contribution is -2.10. The van der Waals surface area contributed by atoms with Gasteiger partial charge in [0.15, 0.2) is 0 Å². The van der Waals surface area contributed by atoms with Gasteiger partial charge in [-0.25, -0.2) is 9.59 Å². The Labute approximate surface area is 304 Å². The predicted octanol–water partition coefficient (Wildman–Crippen LogP) is 9.33. The van der Waals surface area contributed by atoms with Crippen molar-refractivity contribution in [3.63, 3.8) is 0 Å². The highest BCUT2D eigenvalue weighted by atomic mass is 16.5. The Hall–Kier alpha value is -5.64. The normalized spacial score (nSPS) is 10.6. The largest absolute Gasteiger partial charge is 0.494 e. The fourth-order valence-electron chi connectivity index (χ4n) is 4.78. The van der Waals surface area contributed by atoms with Crippen LogP contribution in [0.4, 0.5) is 0 Å². The number of esters is 4. The first-order valence-corrected chi connectivity index (χ1v) is 17.8. The lowest BCUT2D eigenvalue weighted by molar-refractivity contribution is -0.135. The second-order valence-corrected chi connectivity index (χ2v) is 12.0. The van der Waals surface area contributed by atoms with Gasteiger partial charge in [0.2, 0.25) is 0 Å². The molecule has 0 fully saturated rings. The summed E-state index contributed by atoms with van der Waals surface area (Å²) in [6.45, 7) is 5.44. The lowest BCUT2D eigenvalue weighted by atomic mass is 10.1. The molecule has 0 heterocycles. The summed E-state index contributed by atoms with van der Waals surface area (Å²) < 4.78 is 32.9. The van der Waals surface area contributed by atoms with E-state index in [1.54, 1.807) is 97.1 Å². The molecule has 0 bridgehead atoms. The predicted molar refractivity (Wildman–Crippen MR) is 195 cm³/mol. The van der Waals surface area contributed by atoms with E-state index in [0.29, 0.717) is 71.7 Å². The molecule has 52 heavy (non-hydrogen) atoms. The van der Waals surface area contributed by atoms with Crippen LogP contribution in [0.3, 0.4) is 0 Å². The molecule has 0 aromatic heterocycles. The molecule has 0 aliphatic carbocycles. The van der Waals surface area contributed by atoms with Crippen LogP contribution < -0.4 is 28.4 Å². The molecular formula is C42H46O10. The van der Waals surface area contributed by atoms with Crippen LogP contribution in [0.1, 0.15) is 98.8 Å². The van der Waals surface area contributed by atoms with Crippen LogP contribution in [0, 0.1) is 0 Å². The SMILES string of the molecule is CCCCOc1ccc(C(=O)Oc2ccc(OC(=O)CCCCCCC(=O)Oc3ccc(OC(=O)c4ccc(OCCCC)cc4)cc3)cc2)cc1. The van der Waals surface area contributed by atoms with E-state index in [1.165, 1.54) is 0 Å². The Morgan fingerprint density at radius 2 is 0.692 bits per heavy atom. The third-order valence-corrected chi connectivity index (χ3v) is 7.76. The second-order valence-electron chi connectivity index (χ2n) is 12.0. The van der Waals surface area contributed by atoms with Gasteiger partial charge >= 0.3 is 23.9 Å². The molecule has 0 aliphatic rings. The topological polar surface area (TPSA) is 124 Å². The minimum Gasteiger partial charge on any atom is -0.494 e. The Morgan fingerprint density at radius 3 is 1.02 bits per heavy atom. The summed E-state index contributed by atoms with van der Waals surface area (Å²) in [6.07, 6.45) is 7.20. The smallest absolute Gasteiger partial charge is 0.343 e. The van der Waals surface area contributed by atoms with Gasteiger partial charge < -0.3 is 28.4 Å².